The smallest absolute Gasteiger partial charge is 0.433 e. The van der Waals surface area contributed by atoms with E-state index in [2.05, 4.69) is 6.92 Å². The fourth-order valence-corrected chi connectivity index (χ4v) is 3.62. The monoisotopic (exact) mass is 434 g/mol. The molecule has 4 nitrogen and oxygen atoms in total. The van der Waals surface area contributed by atoms with Gasteiger partial charge in [-0.05, 0) is 36.3 Å². The molecule has 0 radical (unpaired) electrons. The zero-order valence-corrected chi connectivity index (χ0v) is 17.2. The number of aliphatic carboxylic acids is 1. The molecule has 0 saturated carbocycles. The van der Waals surface area contributed by atoms with Gasteiger partial charge in [-0.1, -0.05) is 56.5 Å². The van der Waals surface area contributed by atoms with E-state index in [0.29, 0.717) is 17.9 Å². The lowest BCUT2D eigenvalue weighted by molar-refractivity contribution is -0.235. The summed E-state index contributed by atoms with van der Waals surface area (Å²) in [4.78, 5) is 11.9. The molecule has 1 heterocycles. The molecule has 1 N–H and O–H groups in total. The van der Waals surface area contributed by atoms with Crippen LogP contribution < -0.4 is 9.47 Å². The summed E-state index contributed by atoms with van der Waals surface area (Å²) in [6.07, 6.45) is -0.450. The number of fused-ring (bicyclic) bond motifs is 1. The molecule has 1 unspecified atom stereocenters. The van der Waals surface area contributed by atoms with Gasteiger partial charge in [0.25, 0.3) is 0 Å². The van der Waals surface area contributed by atoms with Crippen molar-refractivity contribution in [1.29, 1.82) is 0 Å². The van der Waals surface area contributed by atoms with Crippen LogP contribution in [-0.2, 0) is 11.2 Å². The van der Waals surface area contributed by atoms with Crippen molar-refractivity contribution >= 4 is 12.0 Å². The number of unbranched alkanes of at least 4 members (excludes halogenated alkanes) is 3. The Morgan fingerprint density at radius 2 is 1.84 bits per heavy atom. The second kappa shape index (κ2) is 9.45. The first-order valence-corrected chi connectivity index (χ1v) is 10.3. The van der Waals surface area contributed by atoms with Crippen molar-refractivity contribution in [1.82, 2.24) is 0 Å². The van der Waals surface area contributed by atoms with Crippen LogP contribution in [0.2, 0.25) is 0 Å². The Morgan fingerprint density at radius 1 is 1.10 bits per heavy atom. The maximum Gasteiger partial charge on any atom is 0.433 e. The molecular formula is C24H25F3O4. The van der Waals surface area contributed by atoms with E-state index >= 15 is 0 Å². The minimum atomic E-state index is -4.95. The van der Waals surface area contributed by atoms with Crippen LogP contribution in [-0.4, -0.2) is 29.5 Å². The molecule has 2 aromatic rings. The molecule has 0 bridgehead atoms. The molecule has 166 valence electrons. The highest BCUT2D eigenvalue weighted by molar-refractivity contribution is 5.96. The first kappa shape index (κ1) is 22.7. The van der Waals surface area contributed by atoms with Gasteiger partial charge in [0.15, 0.2) is 0 Å². The maximum absolute atomic E-state index is 14.3. The van der Waals surface area contributed by atoms with Crippen LogP contribution in [0.5, 0.6) is 11.5 Å². The fourth-order valence-electron chi connectivity index (χ4n) is 3.62. The number of hydrogen-bond acceptors (Lipinski definition) is 3. The number of carboxylic acids is 1. The lowest BCUT2D eigenvalue weighted by Gasteiger charge is -2.39. The van der Waals surface area contributed by atoms with Crippen molar-refractivity contribution in [2.75, 3.05) is 6.61 Å². The quantitative estimate of drug-likeness (QED) is 0.488. The summed E-state index contributed by atoms with van der Waals surface area (Å²) in [7, 11) is 0. The standard InChI is InChI=1S/C24H25F3O4/c1-2-3-4-8-13-30-19-11-12-21-18(14-19)15-20(22(28)29)23(31-21,24(25,26)27)16-17-9-6-5-7-10-17/h5-7,9-12,14-15H,2-4,8,13,16H2,1H3,(H,28,29). The summed E-state index contributed by atoms with van der Waals surface area (Å²) >= 11 is 0. The third-order valence-corrected chi connectivity index (χ3v) is 5.25. The van der Waals surface area contributed by atoms with E-state index < -0.39 is 29.7 Å². The third-order valence-electron chi connectivity index (χ3n) is 5.25. The Labute approximate surface area is 179 Å². The highest BCUT2D eigenvalue weighted by Crippen LogP contribution is 2.47. The van der Waals surface area contributed by atoms with Gasteiger partial charge in [0.1, 0.15) is 11.5 Å². The Hall–Kier alpha value is -2.96. The van der Waals surface area contributed by atoms with Gasteiger partial charge in [0.05, 0.1) is 12.2 Å². The average Bonchev–Trinajstić information content (AvgIpc) is 2.73. The SMILES string of the molecule is CCCCCCOc1ccc2c(c1)C=C(C(=O)O)C(Cc1ccccc1)(C(F)(F)F)O2. The zero-order chi connectivity index (χ0) is 22.5. The van der Waals surface area contributed by atoms with Crippen LogP contribution in [0, 0.1) is 0 Å². The van der Waals surface area contributed by atoms with Crippen LogP contribution in [0.3, 0.4) is 0 Å². The molecule has 1 aliphatic heterocycles. The van der Waals surface area contributed by atoms with Crippen molar-refractivity contribution in [2.24, 2.45) is 0 Å². The summed E-state index contributed by atoms with van der Waals surface area (Å²) < 4.78 is 54.0. The maximum atomic E-state index is 14.3. The van der Waals surface area contributed by atoms with Gasteiger partial charge >= 0.3 is 12.1 Å². The van der Waals surface area contributed by atoms with Crippen molar-refractivity contribution < 1.29 is 32.5 Å². The first-order valence-electron chi connectivity index (χ1n) is 10.3. The van der Waals surface area contributed by atoms with Gasteiger partial charge in [0.2, 0.25) is 5.60 Å². The summed E-state index contributed by atoms with van der Waals surface area (Å²) in [6, 6.07) is 12.4. The molecule has 0 fully saturated rings. The predicted molar refractivity (Wildman–Crippen MR) is 111 cm³/mol. The third kappa shape index (κ3) is 5.03. The van der Waals surface area contributed by atoms with Gasteiger partial charge in [-0.3, -0.25) is 0 Å². The number of alkyl halides is 3. The lowest BCUT2D eigenvalue weighted by atomic mass is 9.82. The number of rotatable bonds is 9. The molecule has 7 heteroatoms. The summed E-state index contributed by atoms with van der Waals surface area (Å²) in [5.41, 5.74) is -3.27. The predicted octanol–water partition coefficient (Wildman–Crippen LogP) is 6.05. The van der Waals surface area contributed by atoms with Gasteiger partial charge in [-0.15, -0.1) is 0 Å². The summed E-state index contributed by atoms with van der Waals surface area (Å²) in [5.74, 6) is -1.25. The largest absolute Gasteiger partial charge is 0.494 e. The normalized spacial score (nSPS) is 18.0. The van der Waals surface area contributed by atoms with Gasteiger partial charge in [-0.2, -0.15) is 13.2 Å². The van der Waals surface area contributed by atoms with E-state index in [4.69, 9.17) is 9.47 Å². The summed E-state index contributed by atoms with van der Waals surface area (Å²) in [6.45, 7) is 2.59. The van der Waals surface area contributed by atoms with Crippen molar-refractivity contribution in [3.8, 4) is 11.5 Å². The second-order valence-electron chi connectivity index (χ2n) is 7.56. The molecule has 1 atom stereocenters. The number of halogens is 3. The molecule has 3 rings (SSSR count). The topological polar surface area (TPSA) is 55.8 Å². The zero-order valence-electron chi connectivity index (χ0n) is 17.2. The highest BCUT2D eigenvalue weighted by Gasteiger charge is 2.63. The molecule has 0 spiro atoms. The second-order valence-corrected chi connectivity index (χ2v) is 7.56. The van der Waals surface area contributed by atoms with Crippen LogP contribution in [0.25, 0.3) is 6.08 Å². The minimum absolute atomic E-state index is 0.0309. The van der Waals surface area contributed by atoms with Gasteiger partial charge in [0, 0.05) is 12.0 Å². The van der Waals surface area contributed by atoms with Crippen molar-refractivity contribution in [2.45, 2.75) is 50.8 Å². The number of ether oxygens (including phenoxy) is 2. The number of carbonyl (C=O) groups is 1. The molecule has 31 heavy (non-hydrogen) atoms. The molecule has 0 saturated heterocycles. The van der Waals surface area contributed by atoms with E-state index in [1.54, 1.807) is 24.3 Å². The lowest BCUT2D eigenvalue weighted by Crippen LogP contribution is -2.56. The van der Waals surface area contributed by atoms with Gasteiger partial charge < -0.3 is 14.6 Å². The van der Waals surface area contributed by atoms with Crippen LogP contribution in [0.15, 0.2) is 54.1 Å². The highest BCUT2D eigenvalue weighted by atomic mass is 19.4. The first-order chi connectivity index (χ1) is 14.8. The number of carboxylic acid groups (broad SMARTS) is 1. The van der Waals surface area contributed by atoms with Crippen LogP contribution >= 0.6 is 0 Å². The summed E-state index contributed by atoms with van der Waals surface area (Å²) in [5, 5.41) is 9.65. The molecule has 0 amide bonds. The Kier molecular flexibility index (Phi) is 6.93. The fraction of sp³-hybridized carbons (Fsp3) is 0.375. The van der Waals surface area contributed by atoms with E-state index in [1.165, 1.54) is 24.3 Å². The van der Waals surface area contributed by atoms with Crippen LogP contribution in [0.1, 0.15) is 43.7 Å². The Bertz CT molecular complexity index is 938. The molecule has 1 aliphatic rings. The van der Waals surface area contributed by atoms with Crippen molar-refractivity contribution in [3.05, 3.63) is 65.2 Å². The van der Waals surface area contributed by atoms with E-state index in [-0.39, 0.29) is 11.3 Å². The Morgan fingerprint density at radius 3 is 2.48 bits per heavy atom. The average molecular weight is 434 g/mol. The van der Waals surface area contributed by atoms with Gasteiger partial charge in [-0.25, -0.2) is 4.79 Å². The number of benzene rings is 2. The molecule has 0 aliphatic carbocycles. The minimum Gasteiger partial charge on any atom is -0.494 e. The molecule has 0 aromatic heterocycles. The molecular weight excluding hydrogens is 409 g/mol. The van der Waals surface area contributed by atoms with E-state index in [0.717, 1.165) is 31.8 Å². The van der Waals surface area contributed by atoms with Crippen molar-refractivity contribution in [3.63, 3.8) is 0 Å². The van der Waals surface area contributed by atoms with Crippen LogP contribution in [0.4, 0.5) is 13.2 Å². The molecule has 2 aromatic carbocycles. The Balaban J connectivity index is 1.94. The van der Waals surface area contributed by atoms with E-state index in [1.807, 2.05) is 0 Å². The van der Waals surface area contributed by atoms with E-state index in [9.17, 15) is 23.1 Å². The number of hydrogen-bond donors (Lipinski definition) is 1.